The maximum Gasteiger partial charge on any atom is 0.235 e. The molecule has 3 heterocycles. The quantitative estimate of drug-likeness (QED) is 0.198. The Morgan fingerprint density at radius 1 is 0.438 bits per heavy atom. The van der Waals surface area contributed by atoms with Crippen LogP contribution in [-0.2, 0) is 0 Å². The van der Waals surface area contributed by atoms with Gasteiger partial charge in [0.25, 0.3) is 0 Å². The van der Waals surface area contributed by atoms with Gasteiger partial charge in [-0.1, -0.05) is 114 Å². The summed E-state index contributed by atoms with van der Waals surface area (Å²) >= 11 is 0. The first-order chi connectivity index (χ1) is 23.7. The van der Waals surface area contributed by atoms with Crippen LogP contribution in [-0.4, -0.2) is 19.1 Å². The Morgan fingerprint density at radius 3 is 1.75 bits per heavy atom. The summed E-state index contributed by atoms with van der Waals surface area (Å²) in [5, 5.41) is 8.36. The molecule has 0 unspecified atom stereocenters. The summed E-state index contributed by atoms with van der Waals surface area (Å²) in [6.45, 7) is 4.36. The summed E-state index contributed by atoms with van der Waals surface area (Å²) in [6, 6.07) is 52.0. The fraction of sp³-hybridized carbons (Fsp3) is 0.0455. The minimum atomic E-state index is 0.666. The van der Waals surface area contributed by atoms with E-state index in [9.17, 15) is 0 Å². The SMILES string of the molecule is Cc1ccc2c(c1)c1c(c3ccccc3c3c4cc(C)ccc4n(-c4ccccc4)c31)n2-c1nc(-c2ccccc2)c2ccccc2n1. The molecule has 0 N–H and O–H groups in total. The standard InChI is InChI=1S/C44H30N4/c1-27-21-23-37-34(25-27)39-31-17-9-10-18-32(31)42-40(43(39)47(37)30-15-7-4-8-16-30)35-26-28(2)22-24-38(35)48(42)44-45-36-20-12-11-19-33(36)41(46-44)29-13-5-3-6-14-29/h3-26H,1-2H3. The second-order valence-electron chi connectivity index (χ2n) is 12.8. The summed E-state index contributed by atoms with van der Waals surface area (Å²) < 4.78 is 4.77. The lowest BCUT2D eigenvalue weighted by Gasteiger charge is -2.14. The normalized spacial score (nSPS) is 12.0. The van der Waals surface area contributed by atoms with Crippen molar-refractivity contribution in [2.24, 2.45) is 0 Å². The summed E-state index contributed by atoms with van der Waals surface area (Å²) in [5.74, 6) is 0.666. The van der Waals surface area contributed by atoms with Crippen LogP contribution in [0.5, 0.6) is 0 Å². The molecule has 7 aromatic carbocycles. The van der Waals surface area contributed by atoms with Crippen molar-refractivity contribution in [3.8, 4) is 22.9 Å². The van der Waals surface area contributed by atoms with E-state index in [1.165, 1.54) is 54.5 Å². The third-order valence-corrected chi connectivity index (χ3v) is 9.79. The monoisotopic (exact) mass is 614 g/mol. The molecule has 10 aromatic rings. The maximum atomic E-state index is 5.40. The van der Waals surface area contributed by atoms with Gasteiger partial charge >= 0.3 is 0 Å². The lowest BCUT2D eigenvalue weighted by atomic mass is 9.98. The van der Waals surface area contributed by atoms with Crippen LogP contribution >= 0.6 is 0 Å². The molecule has 0 radical (unpaired) electrons. The first-order valence-electron chi connectivity index (χ1n) is 16.4. The van der Waals surface area contributed by atoms with E-state index in [4.69, 9.17) is 9.97 Å². The van der Waals surface area contributed by atoms with Gasteiger partial charge in [-0.05, 0) is 61.7 Å². The molecule has 4 heteroatoms. The Hall–Kier alpha value is -6.26. The number of hydrogen-bond donors (Lipinski definition) is 0. The predicted octanol–water partition coefficient (Wildman–Crippen LogP) is 11.3. The van der Waals surface area contributed by atoms with Gasteiger partial charge < -0.3 is 4.57 Å². The molecule has 0 aliphatic heterocycles. The highest BCUT2D eigenvalue weighted by molar-refractivity contribution is 6.36. The average molecular weight is 615 g/mol. The van der Waals surface area contributed by atoms with Crippen LogP contribution in [0, 0.1) is 13.8 Å². The number of hydrogen-bond acceptors (Lipinski definition) is 2. The second kappa shape index (κ2) is 10.1. The fourth-order valence-corrected chi connectivity index (χ4v) is 7.76. The summed E-state index contributed by atoms with van der Waals surface area (Å²) in [7, 11) is 0. The lowest BCUT2D eigenvalue weighted by molar-refractivity contribution is 1.02. The topological polar surface area (TPSA) is 35.6 Å². The molecule has 0 fully saturated rings. The average Bonchev–Trinajstić information content (AvgIpc) is 3.65. The van der Waals surface area contributed by atoms with E-state index in [-0.39, 0.29) is 0 Å². The van der Waals surface area contributed by atoms with Crippen LogP contribution in [0.2, 0.25) is 0 Å². The molecule has 0 aliphatic rings. The Morgan fingerprint density at radius 2 is 1.02 bits per heavy atom. The van der Waals surface area contributed by atoms with Crippen molar-refractivity contribution in [1.82, 2.24) is 19.1 Å². The molecule has 4 nitrogen and oxygen atoms in total. The number of benzene rings is 7. The fourth-order valence-electron chi connectivity index (χ4n) is 7.76. The predicted molar refractivity (Wildman–Crippen MR) is 201 cm³/mol. The van der Waals surface area contributed by atoms with Crippen LogP contribution in [0.4, 0.5) is 0 Å². The van der Waals surface area contributed by atoms with Crippen LogP contribution in [0.25, 0.3) is 88.2 Å². The smallest absolute Gasteiger partial charge is 0.235 e. The number of para-hydroxylation sites is 2. The molecule has 0 saturated carbocycles. The van der Waals surface area contributed by atoms with Gasteiger partial charge in [-0.15, -0.1) is 0 Å². The van der Waals surface area contributed by atoms with Crippen LogP contribution < -0.4 is 0 Å². The van der Waals surface area contributed by atoms with Gasteiger partial charge in [0.15, 0.2) is 0 Å². The molecule has 0 aliphatic carbocycles. The lowest BCUT2D eigenvalue weighted by Crippen LogP contribution is -2.04. The molecular formula is C44H30N4. The molecular weight excluding hydrogens is 585 g/mol. The highest BCUT2D eigenvalue weighted by atomic mass is 15.2. The molecule has 0 saturated heterocycles. The van der Waals surface area contributed by atoms with Gasteiger partial charge in [0.05, 0.1) is 33.3 Å². The summed E-state index contributed by atoms with van der Waals surface area (Å²) in [6.07, 6.45) is 0. The van der Waals surface area contributed by atoms with Crippen LogP contribution in [0.1, 0.15) is 11.1 Å². The second-order valence-corrected chi connectivity index (χ2v) is 12.8. The molecule has 0 bridgehead atoms. The number of nitrogens with zero attached hydrogens (tertiary/aromatic N) is 4. The van der Waals surface area contributed by atoms with E-state index >= 15 is 0 Å². The first-order valence-corrected chi connectivity index (χ1v) is 16.4. The summed E-state index contributed by atoms with van der Waals surface area (Å²) in [5.41, 5.74) is 11.1. The Labute approximate surface area is 277 Å². The van der Waals surface area contributed by atoms with Crippen molar-refractivity contribution in [1.29, 1.82) is 0 Å². The number of fused-ring (bicyclic) bond motifs is 11. The molecule has 0 amide bonds. The first kappa shape index (κ1) is 26.9. The van der Waals surface area contributed by atoms with Gasteiger partial charge in [0, 0.05) is 43.6 Å². The van der Waals surface area contributed by atoms with Crippen molar-refractivity contribution >= 4 is 65.3 Å². The maximum absolute atomic E-state index is 5.40. The van der Waals surface area contributed by atoms with E-state index in [1.807, 2.05) is 6.07 Å². The van der Waals surface area contributed by atoms with Crippen molar-refractivity contribution in [3.05, 3.63) is 157 Å². The summed E-state index contributed by atoms with van der Waals surface area (Å²) in [4.78, 5) is 10.7. The molecule has 226 valence electrons. The Bertz CT molecular complexity index is 2900. The van der Waals surface area contributed by atoms with E-state index in [0.29, 0.717) is 5.95 Å². The molecule has 0 atom stereocenters. The van der Waals surface area contributed by atoms with Crippen molar-refractivity contribution < 1.29 is 0 Å². The van der Waals surface area contributed by atoms with E-state index < -0.39 is 0 Å². The van der Waals surface area contributed by atoms with Gasteiger partial charge in [-0.3, -0.25) is 4.57 Å². The molecule has 10 rings (SSSR count). The van der Waals surface area contributed by atoms with Gasteiger partial charge in [0.2, 0.25) is 5.95 Å². The van der Waals surface area contributed by atoms with E-state index in [2.05, 4.69) is 163 Å². The Balaban J connectivity index is 1.48. The van der Waals surface area contributed by atoms with Crippen LogP contribution in [0.15, 0.2) is 146 Å². The molecule has 48 heavy (non-hydrogen) atoms. The van der Waals surface area contributed by atoms with Crippen molar-refractivity contribution in [2.75, 3.05) is 0 Å². The highest BCUT2D eigenvalue weighted by Crippen LogP contribution is 2.47. The minimum Gasteiger partial charge on any atom is -0.309 e. The Kier molecular flexibility index (Phi) is 5.67. The van der Waals surface area contributed by atoms with Gasteiger partial charge in [-0.25, -0.2) is 9.97 Å². The minimum absolute atomic E-state index is 0.666. The number of rotatable bonds is 3. The van der Waals surface area contributed by atoms with Gasteiger partial charge in [0.1, 0.15) is 0 Å². The van der Waals surface area contributed by atoms with Gasteiger partial charge in [-0.2, -0.15) is 0 Å². The van der Waals surface area contributed by atoms with Crippen LogP contribution in [0.3, 0.4) is 0 Å². The zero-order chi connectivity index (χ0) is 31.9. The van der Waals surface area contributed by atoms with E-state index in [0.717, 1.165) is 38.9 Å². The molecule has 0 spiro atoms. The third-order valence-electron chi connectivity index (χ3n) is 9.79. The third kappa shape index (κ3) is 3.77. The van der Waals surface area contributed by atoms with E-state index in [1.54, 1.807) is 0 Å². The number of aryl methyl sites for hydroxylation is 2. The number of aromatic nitrogens is 4. The zero-order valence-electron chi connectivity index (χ0n) is 26.6. The molecule has 3 aromatic heterocycles. The van der Waals surface area contributed by atoms with Crippen molar-refractivity contribution in [3.63, 3.8) is 0 Å². The van der Waals surface area contributed by atoms with Crippen molar-refractivity contribution in [2.45, 2.75) is 13.8 Å². The highest BCUT2D eigenvalue weighted by Gasteiger charge is 2.26. The zero-order valence-corrected chi connectivity index (χ0v) is 26.6. The largest absolute Gasteiger partial charge is 0.309 e.